The summed E-state index contributed by atoms with van der Waals surface area (Å²) < 4.78 is 5.19. The molecule has 96 valence electrons. The van der Waals surface area contributed by atoms with Gasteiger partial charge in [0.05, 0.1) is 6.61 Å². The van der Waals surface area contributed by atoms with Gasteiger partial charge in [-0.2, -0.15) is 11.3 Å². The average Bonchev–Trinajstić information content (AvgIpc) is 2.90. The van der Waals surface area contributed by atoms with E-state index in [9.17, 15) is 0 Å². The number of nitrogen functional groups attached to an aromatic ring is 1. The zero-order chi connectivity index (χ0) is 13.0. The lowest BCUT2D eigenvalue weighted by Gasteiger charge is -2.15. The molecule has 0 atom stereocenters. The topological polar surface area (TPSA) is 47.3 Å². The lowest BCUT2D eigenvalue weighted by Crippen LogP contribution is -2.03. The molecule has 1 aromatic carbocycles. The van der Waals surface area contributed by atoms with E-state index in [4.69, 9.17) is 10.5 Å². The van der Waals surface area contributed by atoms with E-state index >= 15 is 0 Å². The molecule has 0 saturated carbocycles. The van der Waals surface area contributed by atoms with Crippen LogP contribution in [0, 0.1) is 0 Å². The Morgan fingerprint density at radius 2 is 2.22 bits per heavy atom. The maximum Gasteiger partial charge on any atom is 0.0503 e. The van der Waals surface area contributed by atoms with Crippen molar-refractivity contribution < 1.29 is 4.74 Å². The molecule has 1 heterocycles. The van der Waals surface area contributed by atoms with Crippen molar-refractivity contribution in [2.45, 2.75) is 6.42 Å². The standard InChI is InChI=1S/C14H18N2OS/c1-16-14-8-11(15)7-13(10-4-6-18-9-10)12(14)3-5-17-2/h4,6-9,16H,3,5,15H2,1-2H3. The van der Waals surface area contributed by atoms with Crippen molar-refractivity contribution in [3.63, 3.8) is 0 Å². The number of rotatable bonds is 5. The zero-order valence-electron chi connectivity index (χ0n) is 10.7. The molecule has 0 bridgehead atoms. The molecular weight excluding hydrogens is 244 g/mol. The third kappa shape index (κ3) is 2.66. The molecule has 0 aliphatic heterocycles. The number of benzene rings is 1. The fourth-order valence-electron chi connectivity index (χ4n) is 2.07. The van der Waals surface area contributed by atoms with Crippen LogP contribution in [0.2, 0.25) is 0 Å². The molecular formula is C14H18N2OS. The van der Waals surface area contributed by atoms with E-state index in [2.05, 4.69) is 22.1 Å². The molecule has 0 aliphatic rings. The zero-order valence-corrected chi connectivity index (χ0v) is 11.5. The van der Waals surface area contributed by atoms with Crippen molar-refractivity contribution in [3.05, 3.63) is 34.5 Å². The molecule has 1 aromatic heterocycles. The number of nitrogens with two attached hydrogens (primary N) is 1. The smallest absolute Gasteiger partial charge is 0.0503 e. The van der Waals surface area contributed by atoms with E-state index in [0.717, 1.165) is 17.8 Å². The molecule has 0 aliphatic carbocycles. The van der Waals surface area contributed by atoms with Crippen molar-refractivity contribution in [1.29, 1.82) is 0 Å². The van der Waals surface area contributed by atoms with Gasteiger partial charge in [-0.1, -0.05) is 0 Å². The average molecular weight is 262 g/mol. The monoisotopic (exact) mass is 262 g/mol. The summed E-state index contributed by atoms with van der Waals surface area (Å²) >= 11 is 1.69. The van der Waals surface area contributed by atoms with Crippen LogP contribution in [0.25, 0.3) is 11.1 Å². The Hall–Kier alpha value is -1.52. The molecule has 0 fully saturated rings. The summed E-state index contributed by atoms with van der Waals surface area (Å²) in [6.45, 7) is 0.704. The van der Waals surface area contributed by atoms with Crippen LogP contribution in [0.5, 0.6) is 0 Å². The van der Waals surface area contributed by atoms with Gasteiger partial charge in [-0.15, -0.1) is 0 Å². The second-order valence-corrected chi connectivity index (χ2v) is 4.88. The highest BCUT2D eigenvalue weighted by Crippen LogP contribution is 2.33. The van der Waals surface area contributed by atoms with Gasteiger partial charge in [-0.05, 0) is 52.1 Å². The quantitative estimate of drug-likeness (QED) is 0.813. The number of ether oxygens (including phenoxy) is 1. The Balaban J connectivity index is 2.51. The van der Waals surface area contributed by atoms with Gasteiger partial charge < -0.3 is 15.8 Å². The van der Waals surface area contributed by atoms with E-state index in [0.29, 0.717) is 6.61 Å². The molecule has 0 amide bonds. The Morgan fingerprint density at radius 3 is 2.83 bits per heavy atom. The number of methoxy groups -OCH3 is 1. The minimum atomic E-state index is 0.704. The molecule has 4 heteroatoms. The summed E-state index contributed by atoms with van der Waals surface area (Å²) in [7, 11) is 3.64. The third-order valence-electron chi connectivity index (χ3n) is 2.93. The molecule has 3 N–H and O–H groups in total. The van der Waals surface area contributed by atoms with Crippen LogP contribution >= 0.6 is 11.3 Å². The molecule has 0 spiro atoms. The van der Waals surface area contributed by atoms with E-state index in [-0.39, 0.29) is 0 Å². The van der Waals surface area contributed by atoms with Gasteiger partial charge in [-0.25, -0.2) is 0 Å². The van der Waals surface area contributed by atoms with Gasteiger partial charge in [0.1, 0.15) is 0 Å². The highest BCUT2D eigenvalue weighted by Gasteiger charge is 2.11. The molecule has 0 saturated heterocycles. The summed E-state index contributed by atoms with van der Waals surface area (Å²) in [5.41, 5.74) is 11.5. The first-order chi connectivity index (χ1) is 8.76. The van der Waals surface area contributed by atoms with Crippen LogP contribution in [-0.4, -0.2) is 20.8 Å². The minimum absolute atomic E-state index is 0.704. The highest BCUT2D eigenvalue weighted by molar-refractivity contribution is 7.08. The number of anilines is 2. The SMILES string of the molecule is CNc1cc(N)cc(-c2ccsc2)c1CCOC. The highest BCUT2D eigenvalue weighted by atomic mass is 32.1. The van der Waals surface area contributed by atoms with Crippen LogP contribution in [0.3, 0.4) is 0 Å². The summed E-state index contributed by atoms with van der Waals surface area (Å²) in [4.78, 5) is 0. The number of hydrogen-bond donors (Lipinski definition) is 2. The summed E-state index contributed by atoms with van der Waals surface area (Å²) in [5.74, 6) is 0. The number of hydrogen-bond acceptors (Lipinski definition) is 4. The molecule has 0 radical (unpaired) electrons. The first-order valence-electron chi connectivity index (χ1n) is 5.88. The van der Waals surface area contributed by atoms with Crippen LogP contribution in [0.4, 0.5) is 11.4 Å². The fraction of sp³-hybridized carbons (Fsp3) is 0.286. The maximum absolute atomic E-state index is 5.97. The maximum atomic E-state index is 5.97. The van der Waals surface area contributed by atoms with E-state index < -0.39 is 0 Å². The second kappa shape index (κ2) is 5.89. The molecule has 18 heavy (non-hydrogen) atoms. The first kappa shape index (κ1) is 12.9. The predicted molar refractivity (Wildman–Crippen MR) is 79.3 cm³/mol. The fourth-order valence-corrected chi connectivity index (χ4v) is 2.72. The lowest BCUT2D eigenvalue weighted by molar-refractivity contribution is 0.202. The van der Waals surface area contributed by atoms with Gasteiger partial charge in [0.25, 0.3) is 0 Å². The minimum Gasteiger partial charge on any atom is -0.399 e. The van der Waals surface area contributed by atoms with Crippen LogP contribution < -0.4 is 11.1 Å². The van der Waals surface area contributed by atoms with E-state index in [1.165, 1.54) is 16.7 Å². The van der Waals surface area contributed by atoms with Crippen molar-refractivity contribution >= 4 is 22.7 Å². The van der Waals surface area contributed by atoms with Crippen molar-refractivity contribution in [2.24, 2.45) is 0 Å². The summed E-state index contributed by atoms with van der Waals surface area (Å²) in [6.07, 6.45) is 0.873. The molecule has 2 aromatic rings. The third-order valence-corrected chi connectivity index (χ3v) is 3.61. The van der Waals surface area contributed by atoms with Gasteiger partial charge >= 0.3 is 0 Å². The van der Waals surface area contributed by atoms with Crippen LogP contribution in [-0.2, 0) is 11.2 Å². The molecule has 3 nitrogen and oxygen atoms in total. The molecule has 2 rings (SSSR count). The second-order valence-electron chi connectivity index (χ2n) is 4.10. The largest absolute Gasteiger partial charge is 0.399 e. The van der Waals surface area contributed by atoms with Crippen LogP contribution in [0.15, 0.2) is 29.0 Å². The Morgan fingerprint density at radius 1 is 1.39 bits per heavy atom. The van der Waals surface area contributed by atoms with E-state index in [1.54, 1.807) is 18.4 Å². The summed E-state index contributed by atoms with van der Waals surface area (Å²) in [5, 5.41) is 7.44. The molecule has 0 unspecified atom stereocenters. The Bertz CT molecular complexity index is 509. The van der Waals surface area contributed by atoms with E-state index in [1.807, 2.05) is 19.2 Å². The summed E-state index contributed by atoms with van der Waals surface area (Å²) in [6, 6.07) is 6.13. The van der Waals surface area contributed by atoms with Gasteiger partial charge in [0.15, 0.2) is 0 Å². The first-order valence-corrected chi connectivity index (χ1v) is 6.82. The Kier molecular flexibility index (Phi) is 4.23. The van der Waals surface area contributed by atoms with Crippen molar-refractivity contribution in [2.75, 3.05) is 31.8 Å². The van der Waals surface area contributed by atoms with Crippen molar-refractivity contribution in [3.8, 4) is 11.1 Å². The normalized spacial score (nSPS) is 10.6. The van der Waals surface area contributed by atoms with Gasteiger partial charge in [-0.3, -0.25) is 0 Å². The van der Waals surface area contributed by atoms with Gasteiger partial charge in [0.2, 0.25) is 0 Å². The lowest BCUT2D eigenvalue weighted by atomic mass is 9.97. The van der Waals surface area contributed by atoms with Gasteiger partial charge in [0, 0.05) is 25.5 Å². The van der Waals surface area contributed by atoms with Crippen molar-refractivity contribution in [1.82, 2.24) is 0 Å². The number of nitrogens with one attached hydrogen (secondary N) is 1. The predicted octanol–water partition coefficient (Wildman–Crippen LogP) is 3.23. The van der Waals surface area contributed by atoms with Crippen LogP contribution in [0.1, 0.15) is 5.56 Å². The number of thiophene rings is 1. The Labute approximate surface area is 112 Å².